The Morgan fingerprint density at radius 1 is 1.15 bits per heavy atom. The molecule has 0 spiro atoms. The Morgan fingerprint density at radius 2 is 1.85 bits per heavy atom. The van der Waals surface area contributed by atoms with E-state index in [-0.39, 0.29) is 24.1 Å². The molecule has 0 atom stereocenters. The number of rotatable bonds is 4. The van der Waals surface area contributed by atoms with Crippen molar-refractivity contribution >= 4 is 21.8 Å². The number of benzene rings is 2. The molecule has 6 heteroatoms. The Balaban J connectivity index is 1.98. The molecule has 2 rings (SSSR count). The average Bonchev–Trinajstić information content (AvgIpc) is 2.43. The van der Waals surface area contributed by atoms with Gasteiger partial charge in [-0.05, 0) is 57.9 Å². The average molecular weight is 341 g/mol. The highest BCUT2D eigenvalue weighted by Gasteiger charge is 2.02. The third-order valence-corrected chi connectivity index (χ3v) is 3.13. The Hall–Kier alpha value is -1.95. The molecule has 0 saturated heterocycles. The summed E-state index contributed by atoms with van der Waals surface area (Å²) < 4.78 is 26.1. The van der Waals surface area contributed by atoms with Crippen LogP contribution in [0.25, 0.3) is 0 Å². The van der Waals surface area contributed by atoms with E-state index in [1.165, 1.54) is 30.3 Å². The van der Waals surface area contributed by atoms with Gasteiger partial charge in [-0.2, -0.15) is 0 Å². The highest BCUT2D eigenvalue weighted by atomic mass is 79.9. The summed E-state index contributed by atoms with van der Waals surface area (Å²) in [7, 11) is 0. The van der Waals surface area contributed by atoms with E-state index in [4.69, 9.17) is 10.6 Å². The van der Waals surface area contributed by atoms with Crippen molar-refractivity contribution in [3.8, 4) is 0 Å². The molecular formula is C14H11BrF2N2O. The van der Waals surface area contributed by atoms with Gasteiger partial charge in [0, 0.05) is 5.56 Å². The SMILES string of the molecule is N/C(=N/OCc1ccc(F)c(Br)c1)c1ccc(F)cc1. The van der Waals surface area contributed by atoms with E-state index < -0.39 is 0 Å². The van der Waals surface area contributed by atoms with Crippen LogP contribution in [-0.4, -0.2) is 5.84 Å². The molecule has 104 valence electrons. The first kappa shape index (κ1) is 14.5. The molecule has 2 N–H and O–H groups in total. The van der Waals surface area contributed by atoms with Gasteiger partial charge in [-0.3, -0.25) is 0 Å². The lowest BCUT2D eigenvalue weighted by Crippen LogP contribution is -2.13. The summed E-state index contributed by atoms with van der Waals surface area (Å²) in [5.41, 5.74) is 7.00. The second-order valence-corrected chi connectivity index (χ2v) is 4.86. The maximum atomic E-state index is 13.0. The molecule has 0 unspecified atom stereocenters. The molecular weight excluding hydrogens is 330 g/mol. The smallest absolute Gasteiger partial charge is 0.170 e. The predicted molar refractivity (Wildman–Crippen MR) is 76.0 cm³/mol. The molecule has 0 fully saturated rings. The van der Waals surface area contributed by atoms with Crippen LogP contribution in [0.5, 0.6) is 0 Å². The first-order valence-corrected chi connectivity index (χ1v) is 6.51. The maximum absolute atomic E-state index is 13.0. The quantitative estimate of drug-likeness (QED) is 0.525. The molecule has 0 bridgehead atoms. The van der Waals surface area contributed by atoms with Crippen molar-refractivity contribution in [1.29, 1.82) is 0 Å². The van der Waals surface area contributed by atoms with Gasteiger partial charge in [0.1, 0.15) is 18.2 Å². The monoisotopic (exact) mass is 340 g/mol. The van der Waals surface area contributed by atoms with E-state index in [1.807, 2.05) is 0 Å². The molecule has 0 aliphatic heterocycles. The number of nitrogens with two attached hydrogens (primary N) is 1. The van der Waals surface area contributed by atoms with Crippen LogP contribution in [-0.2, 0) is 11.4 Å². The van der Waals surface area contributed by atoms with E-state index in [0.717, 1.165) is 5.56 Å². The van der Waals surface area contributed by atoms with E-state index in [0.29, 0.717) is 10.0 Å². The fourth-order valence-electron chi connectivity index (χ4n) is 1.48. The lowest BCUT2D eigenvalue weighted by molar-refractivity contribution is 0.130. The molecule has 3 nitrogen and oxygen atoms in total. The van der Waals surface area contributed by atoms with Crippen molar-refractivity contribution in [2.75, 3.05) is 0 Å². The van der Waals surface area contributed by atoms with E-state index in [2.05, 4.69) is 21.1 Å². The van der Waals surface area contributed by atoms with Crippen LogP contribution in [0.3, 0.4) is 0 Å². The van der Waals surface area contributed by atoms with Crippen molar-refractivity contribution in [3.05, 3.63) is 69.7 Å². The maximum Gasteiger partial charge on any atom is 0.170 e. The van der Waals surface area contributed by atoms with Crippen LogP contribution in [0, 0.1) is 11.6 Å². The first-order valence-electron chi connectivity index (χ1n) is 5.71. The van der Waals surface area contributed by atoms with Gasteiger partial charge in [0.15, 0.2) is 5.84 Å². The van der Waals surface area contributed by atoms with Crippen LogP contribution < -0.4 is 5.73 Å². The Morgan fingerprint density at radius 3 is 2.50 bits per heavy atom. The summed E-state index contributed by atoms with van der Waals surface area (Å²) in [6.07, 6.45) is 0. The molecule has 0 saturated carbocycles. The van der Waals surface area contributed by atoms with E-state index in [9.17, 15) is 8.78 Å². The third kappa shape index (κ3) is 3.77. The molecule has 20 heavy (non-hydrogen) atoms. The largest absolute Gasteiger partial charge is 0.389 e. The topological polar surface area (TPSA) is 47.6 Å². The minimum absolute atomic E-state index is 0.145. The Kier molecular flexibility index (Phi) is 4.68. The fraction of sp³-hybridized carbons (Fsp3) is 0.0714. The fourth-order valence-corrected chi connectivity index (χ4v) is 1.91. The zero-order valence-electron chi connectivity index (χ0n) is 10.3. The van der Waals surface area contributed by atoms with Gasteiger partial charge in [0.25, 0.3) is 0 Å². The normalized spacial score (nSPS) is 11.4. The molecule has 0 aliphatic rings. The van der Waals surface area contributed by atoms with Crippen molar-refractivity contribution in [1.82, 2.24) is 0 Å². The summed E-state index contributed by atoms with van der Waals surface area (Å²) in [5, 5.41) is 3.73. The molecule has 2 aromatic carbocycles. The van der Waals surface area contributed by atoms with Crippen LogP contribution in [0.15, 0.2) is 52.1 Å². The van der Waals surface area contributed by atoms with E-state index >= 15 is 0 Å². The summed E-state index contributed by atoms with van der Waals surface area (Å²) in [4.78, 5) is 5.09. The van der Waals surface area contributed by atoms with Gasteiger partial charge in [0.05, 0.1) is 4.47 Å². The number of hydrogen-bond acceptors (Lipinski definition) is 2. The molecule has 2 aromatic rings. The zero-order chi connectivity index (χ0) is 14.5. The number of hydrogen-bond donors (Lipinski definition) is 1. The van der Waals surface area contributed by atoms with Crippen LogP contribution in [0.2, 0.25) is 0 Å². The lowest BCUT2D eigenvalue weighted by atomic mass is 10.2. The van der Waals surface area contributed by atoms with Gasteiger partial charge < -0.3 is 10.6 Å². The predicted octanol–water partition coefficient (Wildman–Crippen LogP) is 3.56. The van der Waals surface area contributed by atoms with Crippen LogP contribution in [0.4, 0.5) is 8.78 Å². The minimum Gasteiger partial charge on any atom is -0.389 e. The van der Waals surface area contributed by atoms with Crippen LogP contribution >= 0.6 is 15.9 Å². The standard InChI is InChI=1S/C14H11BrF2N2O/c15-12-7-9(1-6-13(12)17)8-20-19-14(18)10-2-4-11(16)5-3-10/h1-7H,8H2,(H2,18,19). The first-order chi connectivity index (χ1) is 9.56. The summed E-state index contributed by atoms with van der Waals surface area (Å²) in [6.45, 7) is 0.154. The van der Waals surface area contributed by atoms with E-state index in [1.54, 1.807) is 12.1 Å². The summed E-state index contributed by atoms with van der Waals surface area (Å²) in [6, 6.07) is 10.1. The highest BCUT2D eigenvalue weighted by Crippen LogP contribution is 2.17. The van der Waals surface area contributed by atoms with Crippen molar-refractivity contribution in [2.24, 2.45) is 10.9 Å². The summed E-state index contributed by atoms with van der Waals surface area (Å²) in [5.74, 6) is -0.548. The lowest BCUT2D eigenvalue weighted by Gasteiger charge is -2.03. The second kappa shape index (κ2) is 6.47. The number of oxime groups is 1. The molecule has 0 amide bonds. The zero-order valence-corrected chi connectivity index (χ0v) is 11.9. The van der Waals surface area contributed by atoms with Gasteiger partial charge in [-0.15, -0.1) is 0 Å². The van der Waals surface area contributed by atoms with Crippen molar-refractivity contribution in [2.45, 2.75) is 6.61 Å². The van der Waals surface area contributed by atoms with Crippen molar-refractivity contribution < 1.29 is 13.6 Å². The molecule has 0 aliphatic carbocycles. The van der Waals surface area contributed by atoms with Gasteiger partial charge in [-0.25, -0.2) is 8.78 Å². The molecule has 0 heterocycles. The third-order valence-electron chi connectivity index (χ3n) is 2.52. The van der Waals surface area contributed by atoms with Crippen LogP contribution in [0.1, 0.15) is 11.1 Å². The Labute approximate surface area is 123 Å². The van der Waals surface area contributed by atoms with Gasteiger partial charge in [0.2, 0.25) is 0 Å². The highest BCUT2D eigenvalue weighted by molar-refractivity contribution is 9.10. The summed E-state index contributed by atoms with van der Waals surface area (Å²) >= 11 is 3.08. The number of halogens is 3. The Bertz CT molecular complexity index is 630. The molecule has 0 radical (unpaired) electrons. The second-order valence-electron chi connectivity index (χ2n) is 4.01. The number of amidine groups is 1. The number of nitrogens with zero attached hydrogens (tertiary/aromatic N) is 1. The minimum atomic E-state index is -0.348. The van der Waals surface area contributed by atoms with Gasteiger partial charge in [-0.1, -0.05) is 11.2 Å². The van der Waals surface area contributed by atoms with Gasteiger partial charge >= 0.3 is 0 Å². The molecule has 0 aromatic heterocycles. The van der Waals surface area contributed by atoms with Crippen molar-refractivity contribution in [3.63, 3.8) is 0 Å².